The summed E-state index contributed by atoms with van der Waals surface area (Å²) in [6, 6.07) is 4.26. The molecule has 0 aromatic carbocycles. The van der Waals surface area contributed by atoms with E-state index in [2.05, 4.69) is 23.0 Å². The van der Waals surface area contributed by atoms with Crippen molar-refractivity contribution in [3.05, 3.63) is 30.1 Å². The van der Waals surface area contributed by atoms with Gasteiger partial charge in [-0.3, -0.25) is 4.98 Å². The third kappa shape index (κ3) is 1.17. The predicted octanol–water partition coefficient (Wildman–Crippen LogP) is 2.03. The minimum atomic E-state index is 0.584. The van der Waals surface area contributed by atoms with Crippen LogP contribution in [0.2, 0.25) is 0 Å². The summed E-state index contributed by atoms with van der Waals surface area (Å²) in [5.74, 6) is 0.719. The van der Waals surface area contributed by atoms with E-state index in [0.717, 1.165) is 5.92 Å². The van der Waals surface area contributed by atoms with Crippen molar-refractivity contribution in [3.8, 4) is 0 Å². The lowest BCUT2D eigenvalue weighted by molar-refractivity contribution is 0.291. The van der Waals surface area contributed by atoms with Crippen LogP contribution in [-0.2, 0) is 0 Å². The highest BCUT2D eigenvalue weighted by Crippen LogP contribution is 2.52. The van der Waals surface area contributed by atoms with Crippen LogP contribution >= 0.6 is 0 Å². The lowest BCUT2D eigenvalue weighted by atomic mass is 9.97. The van der Waals surface area contributed by atoms with Crippen molar-refractivity contribution >= 4 is 0 Å². The molecule has 2 fully saturated rings. The second-order valence-corrected chi connectivity index (χ2v) is 4.79. The number of likely N-dealkylation sites (tertiary alicyclic amines) is 1. The lowest BCUT2D eigenvalue weighted by Crippen LogP contribution is -2.26. The molecule has 2 nitrogen and oxygen atoms in total. The van der Waals surface area contributed by atoms with Crippen molar-refractivity contribution in [3.63, 3.8) is 0 Å². The van der Waals surface area contributed by atoms with E-state index in [1.54, 1.807) is 0 Å². The number of likely N-dealkylation sites (N-methyl/N-ethyl adjacent to an activating group) is 1. The molecule has 1 unspecified atom stereocenters. The molecule has 14 heavy (non-hydrogen) atoms. The summed E-state index contributed by atoms with van der Waals surface area (Å²) in [6.45, 7) is 1.21. The van der Waals surface area contributed by atoms with E-state index < -0.39 is 0 Å². The normalized spacial score (nSPS) is 29.6. The van der Waals surface area contributed by atoms with Gasteiger partial charge in [0.15, 0.2) is 0 Å². The molecule has 1 spiro atoms. The summed E-state index contributed by atoms with van der Waals surface area (Å²) in [7, 11) is 2.27. The van der Waals surface area contributed by atoms with Gasteiger partial charge in [-0.05, 0) is 43.9 Å². The molecule has 1 saturated heterocycles. The molecule has 1 aromatic heterocycles. The Morgan fingerprint density at radius 2 is 2.36 bits per heavy atom. The Balaban J connectivity index is 1.83. The molecule has 1 aliphatic carbocycles. The maximum absolute atomic E-state index is 4.20. The van der Waals surface area contributed by atoms with Gasteiger partial charge in [-0.15, -0.1) is 0 Å². The number of nitrogens with zero attached hydrogens (tertiary/aromatic N) is 2. The molecule has 1 atom stereocenters. The topological polar surface area (TPSA) is 16.1 Å². The molecular formula is C12H16N2. The first kappa shape index (κ1) is 8.42. The zero-order chi connectivity index (χ0) is 9.60. The summed E-state index contributed by atoms with van der Waals surface area (Å²) in [5.41, 5.74) is 2.00. The van der Waals surface area contributed by atoms with Gasteiger partial charge in [-0.2, -0.15) is 0 Å². The second-order valence-electron chi connectivity index (χ2n) is 4.79. The molecule has 74 valence electrons. The van der Waals surface area contributed by atoms with Crippen LogP contribution in [-0.4, -0.2) is 29.0 Å². The summed E-state index contributed by atoms with van der Waals surface area (Å²) < 4.78 is 0. The van der Waals surface area contributed by atoms with Gasteiger partial charge < -0.3 is 4.90 Å². The van der Waals surface area contributed by atoms with Crippen molar-refractivity contribution in [2.45, 2.75) is 30.7 Å². The fourth-order valence-corrected chi connectivity index (χ4v) is 2.77. The van der Waals surface area contributed by atoms with Gasteiger partial charge >= 0.3 is 0 Å². The number of hydrogen-bond acceptors (Lipinski definition) is 2. The molecule has 0 radical (unpaired) electrons. The first-order valence-corrected chi connectivity index (χ1v) is 5.41. The Bertz CT molecular complexity index is 329. The Labute approximate surface area is 85.0 Å². The van der Waals surface area contributed by atoms with Gasteiger partial charge in [0.1, 0.15) is 0 Å². The molecule has 2 aliphatic rings. The largest absolute Gasteiger partial charge is 0.300 e. The molecule has 1 aliphatic heterocycles. The third-order valence-electron chi connectivity index (χ3n) is 3.91. The standard InChI is InChI=1S/C12H16N2/c1-14-9-11(7-12(14)4-5-12)10-3-2-6-13-8-10/h2-3,6,8,11H,4-5,7,9H2,1H3. The molecule has 3 rings (SSSR count). The van der Waals surface area contributed by atoms with Gasteiger partial charge in [-0.1, -0.05) is 6.07 Å². The van der Waals surface area contributed by atoms with Crippen molar-refractivity contribution in [2.75, 3.05) is 13.6 Å². The van der Waals surface area contributed by atoms with Crippen LogP contribution in [0.1, 0.15) is 30.7 Å². The zero-order valence-electron chi connectivity index (χ0n) is 8.61. The van der Waals surface area contributed by atoms with Crippen LogP contribution in [0.3, 0.4) is 0 Å². The maximum Gasteiger partial charge on any atom is 0.0303 e. The van der Waals surface area contributed by atoms with E-state index in [0.29, 0.717) is 5.54 Å². The highest BCUT2D eigenvalue weighted by molar-refractivity contribution is 5.22. The monoisotopic (exact) mass is 188 g/mol. The Morgan fingerprint density at radius 1 is 1.50 bits per heavy atom. The van der Waals surface area contributed by atoms with E-state index in [4.69, 9.17) is 0 Å². The van der Waals surface area contributed by atoms with E-state index in [-0.39, 0.29) is 0 Å². The summed E-state index contributed by atoms with van der Waals surface area (Å²) >= 11 is 0. The number of rotatable bonds is 1. The average molecular weight is 188 g/mol. The smallest absolute Gasteiger partial charge is 0.0303 e. The quantitative estimate of drug-likeness (QED) is 0.670. The van der Waals surface area contributed by atoms with Crippen molar-refractivity contribution in [1.82, 2.24) is 9.88 Å². The summed E-state index contributed by atoms with van der Waals surface area (Å²) in [5, 5.41) is 0. The fraction of sp³-hybridized carbons (Fsp3) is 0.583. The first-order chi connectivity index (χ1) is 6.80. The van der Waals surface area contributed by atoms with E-state index in [9.17, 15) is 0 Å². The first-order valence-electron chi connectivity index (χ1n) is 5.41. The SMILES string of the molecule is CN1CC(c2cccnc2)CC12CC2. The fourth-order valence-electron chi connectivity index (χ4n) is 2.77. The Morgan fingerprint density at radius 3 is 2.93 bits per heavy atom. The summed E-state index contributed by atoms with van der Waals surface area (Å²) in [4.78, 5) is 6.75. The third-order valence-corrected chi connectivity index (χ3v) is 3.91. The molecule has 2 heteroatoms. The van der Waals surface area contributed by atoms with Crippen LogP contribution in [0.4, 0.5) is 0 Å². The molecule has 1 aromatic rings. The average Bonchev–Trinajstić information content (AvgIpc) is 2.91. The van der Waals surface area contributed by atoms with Gasteiger partial charge in [0, 0.05) is 24.5 Å². The highest BCUT2D eigenvalue weighted by atomic mass is 15.2. The van der Waals surface area contributed by atoms with Crippen molar-refractivity contribution in [1.29, 1.82) is 0 Å². The lowest BCUT2D eigenvalue weighted by Gasteiger charge is -2.16. The second kappa shape index (κ2) is 2.80. The van der Waals surface area contributed by atoms with E-state index in [1.165, 1.54) is 31.4 Å². The predicted molar refractivity (Wildman–Crippen MR) is 56.2 cm³/mol. The van der Waals surface area contributed by atoms with Crippen LogP contribution < -0.4 is 0 Å². The zero-order valence-corrected chi connectivity index (χ0v) is 8.61. The number of hydrogen-bond donors (Lipinski definition) is 0. The number of pyridine rings is 1. The highest BCUT2D eigenvalue weighted by Gasteiger charge is 2.52. The van der Waals surface area contributed by atoms with Gasteiger partial charge in [-0.25, -0.2) is 0 Å². The molecule has 0 amide bonds. The molecule has 0 N–H and O–H groups in total. The van der Waals surface area contributed by atoms with Crippen LogP contribution in [0.15, 0.2) is 24.5 Å². The van der Waals surface area contributed by atoms with E-state index >= 15 is 0 Å². The van der Waals surface area contributed by atoms with E-state index in [1.807, 2.05) is 18.5 Å². The minimum Gasteiger partial charge on any atom is -0.300 e. The van der Waals surface area contributed by atoms with Gasteiger partial charge in [0.05, 0.1) is 0 Å². The van der Waals surface area contributed by atoms with Crippen LogP contribution in [0, 0.1) is 0 Å². The molecule has 1 saturated carbocycles. The number of aromatic nitrogens is 1. The van der Waals surface area contributed by atoms with Crippen LogP contribution in [0.25, 0.3) is 0 Å². The van der Waals surface area contributed by atoms with Crippen LogP contribution in [0.5, 0.6) is 0 Å². The van der Waals surface area contributed by atoms with Gasteiger partial charge in [0.2, 0.25) is 0 Å². The molecule has 0 bridgehead atoms. The van der Waals surface area contributed by atoms with Crippen molar-refractivity contribution < 1.29 is 0 Å². The molecule has 2 heterocycles. The summed E-state index contributed by atoms with van der Waals surface area (Å²) in [6.07, 6.45) is 8.03. The van der Waals surface area contributed by atoms with Crippen molar-refractivity contribution in [2.24, 2.45) is 0 Å². The Kier molecular flexibility index (Phi) is 1.68. The molecular weight excluding hydrogens is 172 g/mol. The maximum atomic E-state index is 4.20. The Hall–Kier alpha value is -0.890. The minimum absolute atomic E-state index is 0.584. The van der Waals surface area contributed by atoms with Gasteiger partial charge in [0.25, 0.3) is 0 Å².